The average molecular weight is 301 g/mol. The van der Waals surface area contributed by atoms with E-state index in [0.29, 0.717) is 18.8 Å². The Morgan fingerprint density at radius 1 is 1.45 bits per heavy atom. The highest BCUT2D eigenvalue weighted by Gasteiger charge is 2.17. The summed E-state index contributed by atoms with van der Waals surface area (Å²) in [5.74, 6) is -0.761. The first-order valence-corrected chi connectivity index (χ1v) is 7.54. The number of carboxylic acids is 1. The molecule has 1 atom stereocenters. The van der Waals surface area contributed by atoms with Gasteiger partial charge in [0.15, 0.2) is 0 Å². The molecule has 0 saturated heterocycles. The Balaban J connectivity index is 2.62. The molecule has 1 heterocycles. The van der Waals surface area contributed by atoms with Crippen molar-refractivity contribution >= 4 is 21.8 Å². The van der Waals surface area contributed by atoms with Gasteiger partial charge >= 0.3 is 5.97 Å². The molecule has 7 nitrogen and oxygen atoms in total. The number of aromatic nitrogens is 1. The Hall–Kier alpha value is -1.67. The van der Waals surface area contributed by atoms with E-state index in [-0.39, 0.29) is 4.90 Å². The van der Waals surface area contributed by atoms with Gasteiger partial charge in [-0.2, -0.15) is 0 Å². The van der Waals surface area contributed by atoms with E-state index in [1.807, 2.05) is 0 Å². The first-order valence-electron chi connectivity index (χ1n) is 6.10. The number of nitrogens with zero attached hydrogens (tertiary/aromatic N) is 2. The Bertz CT molecular complexity index is 555. The van der Waals surface area contributed by atoms with Crippen molar-refractivity contribution in [3.05, 3.63) is 18.3 Å². The topological polar surface area (TPSA) is 99.6 Å². The van der Waals surface area contributed by atoms with Crippen LogP contribution in [0.2, 0.25) is 0 Å². The number of hydrogen-bond acceptors (Lipinski definition) is 5. The van der Waals surface area contributed by atoms with E-state index in [2.05, 4.69) is 10.3 Å². The zero-order chi connectivity index (χ0) is 15.3. The van der Waals surface area contributed by atoms with Crippen LogP contribution in [-0.2, 0) is 14.8 Å². The zero-order valence-corrected chi connectivity index (χ0v) is 12.5. The standard InChI is InChI=1S/C12H19N3O4S/c1-9(12(16)17)6-7-13-11-5-4-10(8-14-11)20(18,19)15(2)3/h4-5,8-9H,6-7H2,1-3H3,(H,13,14)(H,16,17). The summed E-state index contributed by atoms with van der Waals surface area (Å²) < 4.78 is 24.8. The van der Waals surface area contributed by atoms with Gasteiger partial charge in [-0.15, -0.1) is 0 Å². The summed E-state index contributed by atoms with van der Waals surface area (Å²) in [6.07, 6.45) is 1.74. The largest absolute Gasteiger partial charge is 0.481 e. The predicted molar refractivity (Wildman–Crippen MR) is 75.0 cm³/mol. The molecule has 1 rings (SSSR count). The molecule has 1 aromatic rings. The van der Waals surface area contributed by atoms with Gasteiger partial charge in [0, 0.05) is 26.8 Å². The molecule has 0 aliphatic carbocycles. The van der Waals surface area contributed by atoms with Crippen molar-refractivity contribution in [1.29, 1.82) is 0 Å². The van der Waals surface area contributed by atoms with E-state index in [9.17, 15) is 13.2 Å². The lowest BCUT2D eigenvalue weighted by Crippen LogP contribution is -2.22. The third-order valence-corrected chi connectivity index (χ3v) is 4.62. The summed E-state index contributed by atoms with van der Waals surface area (Å²) in [7, 11) is -0.567. The smallest absolute Gasteiger partial charge is 0.306 e. The molecule has 0 amide bonds. The Morgan fingerprint density at radius 3 is 2.55 bits per heavy atom. The van der Waals surface area contributed by atoms with E-state index in [1.54, 1.807) is 13.0 Å². The number of anilines is 1. The van der Waals surface area contributed by atoms with Crippen LogP contribution in [0.1, 0.15) is 13.3 Å². The maximum Gasteiger partial charge on any atom is 0.306 e. The van der Waals surface area contributed by atoms with Gasteiger partial charge in [-0.3, -0.25) is 4.79 Å². The number of hydrogen-bond donors (Lipinski definition) is 2. The number of aliphatic carboxylic acids is 1. The van der Waals surface area contributed by atoms with Crippen molar-refractivity contribution in [2.24, 2.45) is 5.92 Å². The summed E-state index contributed by atoms with van der Waals surface area (Å²) in [6.45, 7) is 2.09. The van der Waals surface area contributed by atoms with Crippen LogP contribution in [-0.4, -0.2) is 49.4 Å². The van der Waals surface area contributed by atoms with Crippen LogP contribution >= 0.6 is 0 Å². The first kappa shape index (κ1) is 16.4. The van der Waals surface area contributed by atoms with Crippen LogP contribution in [0.4, 0.5) is 5.82 Å². The van der Waals surface area contributed by atoms with E-state index in [1.165, 1.54) is 26.4 Å². The molecular formula is C12H19N3O4S. The van der Waals surface area contributed by atoms with Crippen LogP contribution in [0, 0.1) is 5.92 Å². The molecule has 0 radical (unpaired) electrons. The third-order valence-electron chi connectivity index (χ3n) is 2.82. The molecule has 0 saturated carbocycles. The molecule has 0 aliphatic heterocycles. The third kappa shape index (κ3) is 4.17. The average Bonchev–Trinajstić information content (AvgIpc) is 2.38. The van der Waals surface area contributed by atoms with Crippen molar-refractivity contribution in [1.82, 2.24) is 9.29 Å². The van der Waals surface area contributed by atoms with Crippen LogP contribution in [0.3, 0.4) is 0 Å². The van der Waals surface area contributed by atoms with Crippen molar-refractivity contribution in [3.63, 3.8) is 0 Å². The minimum Gasteiger partial charge on any atom is -0.481 e. The second kappa shape index (κ2) is 6.67. The molecule has 0 aliphatic rings. The number of nitrogens with one attached hydrogen (secondary N) is 1. The molecule has 0 aromatic carbocycles. The highest BCUT2D eigenvalue weighted by molar-refractivity contribution is 7.89. The fraction of sp³-hybridized carbons (Fsp3) is 0.500. The molecule has 2 N–H and O–H groups in total. The molecule has 0 spiro atoms. The summed E-state index contributed by atoms with van der Waals surface area (Å²) in [4.78, 5) is 14.8. The fourth-order valence-electron chi connectivity index (χ4n) is 1.39. The maximum atomic E-state index is 11.8. The van der Waals surface area contributed by atoms with Crippen LogP contribution in [0.5, 0.6) is 0 Å². The lowest BCUT2D eigenvalue weighted by atomic mass is 10.1. The monoisotopic (exact) mass is 301 g/mol. The van der Waals surface area contributed by atoms with Gasteiger partial charge in [-0.25, -0.2) is 17.7 Å². The first-order chi connectivity index (χ1) is 9.25. The fourth-order valence-corrected chi connectivity index (χ4v) is 2.24. The molecule has 1 unspecified atom stereocenters. The van der Waals surface area contributed by atoms with Crippen molar-refractivity contribution in [2.75, 3.05) is 26.0 Å². The number of carbonyl (C=O) groups is 1. The van der Waals surface area contributed by atoms with Crippen molar-refractivity contribution < 1.29 is 18.3 Å². The van der Waals surface area contributed by atoms with Gasteiger partial charge in [-0.05, 0) is 18.6 Å². The molecule has 8 heteroatoms. The molecule has 0 bridgehead atoms. The molecule has 112 valence electrons. The Morgan fingerprint density at radius 2 is 2.10 bits per heavy atom. The van der Waals surface area contributed by atoms with Crippen molar-refractivity contribution in [2.45, 2.75) is 18.2 Å². The predicted octanol–water partition coefficient (Wildman–Crippen LogP) is 0.855. The van der Waals surface area contributed by atoms with Gasteiger partial charge < -0.3 is 10.4 Å². The summed E-state index contributed by atoms with van der Waals surface area (Å²) >= 11 is 0. The van der Waals surface area contributed by atoms with Crippen molar-refractivity contribution in [3.8, 4) is 0 Å². The highest BCUT2D eigenvalue weighted by atomic mass is 32.2. The van der Waals surface area contributed by atoms with E-state index in [0.717, 1.165) is 4.31 Å². The molecule has 20 heavy (non-hydrogen) atoms. The van der Waals surface area contributed by atoms with Gasteiger partial charge in [0.2, 0.25) is 10.0 Å². The van der Waals surface area contributed by atoms with Crippen LogP contribution < -0.4 is 5.32 Å². The number of pyridine rings is 1. The van der Waals surface area contributed by atoms with E-state index < -0.39 is 21.9 Å². The minimum absolute atomic E-state index is 0.118. The minimum atomic E-state index is -3.47. The number of sulfonamides is 1. The lowest BCUT2D eigenvalue weighted by Gasteiger charge is -2.12. The summed E-state index contributed by atoms with van der Waals surface area (Å²) in [6, 6.07) is 3.02. The van der Waals surface area contributed by atoms with Crippen LogP contribution in [0.25, 0.3) is 0 Å². The zero-order valence-electron chi connectivity index (χ0n) is 11.7. The second-order valence-corrected chi connectivity index (χ2v) is 6.77. The summed E-state index contributed by atoms with van der Waals surface area (Å²) in [5, 5.41) is 11.7. The van der Waals surface area contributed by atoms with Gasteiger partial charge in [0.1, 0.15) is 10.7 Å². The van der Waals surface area contributed by atoms with Gasteiger partial charge in [0.05, 0.1) is 5.92 Å². The normalized spacial score (nSPS) is 13.2. The molecule has 0 fully saturated rings. The molecule has 1 aromatic heterocycles. The second-order valence-electron chi connectivity index (χ2n) is 4.62. The van der Waals surface area contributed by atoms with Gasteiger partial charge in [0.25, 0.3) is 0 Å². The van der Waals surface area contributed by atoms with Crippen LogP contribution in [0.15, 0.2) is 23.2 Å². The number of carboxylic acid groups (broad SMARTS) is 1. The maximum absolute atomic E-state index is 11.8. The summed E-state index contributed by atoms with van der Waals surface area (Å²) in [5.41, 5.74) is 0. The number of rotatable bonds is 7. The SMILES string of the molecule is CC(CCNc1ccc(S(=O)(=O)N(C)C)cn1)C(=O)O. The lowest BCUT2D eigenvalue weighted by molar-refractivity contribution is -0.141. The van der Waals surface area contributed by atoms with Gasteiger partial charge in [-0.1, -0.05) is 6.92 Å². The molecular weight excluding hydrogens is 282 g/mol. The Kier molecular flexibility index (Phi) is 5.46. The Labute approximate surface area is 118 Å². The van der Waals surface area contributed by atoms with E-state index in [4.69, 9.17) is 5.11 Å². The quantitative estimate of drug-likeness (QED) is 0.774. The highest BCUT2D eigenvalue weighted by Crippen LogP contribution is 2.14. The van der Waals surface area contributed by atoms with E-state index >= 15 is 0 Å².